The summed E-state index contributed by atoms with van der Waals surface area (Å²) in [5, 5.41) is 10.9. The minimum Gasteiger partial charge on any atom is -0.370 e. The van der Waals surface area contributed by atoms with Crippen molar-refractivity contribution in [1.29, 1.82) is 0 Å². The van der Waals surface area contributed by atoms with Crippen LogP contribution in [0.4, 0.5) is 0 Å². The van der Waals surface area contributed by atoms with E-state index in [0.29, 0.717) is 11.5 Å². The normalized spacial score (nSPS) is 30.0. The van der Waals surface area contributed by atoms with E-state index in [1.807, 2.05) is 0 Å². The maximum absolute atomic E-state index is 5.60. The predicted molar refractivity (Wildman–Crippen MR) is 72.6 cm³/mol. The number of aromatic nitrogens is 3. The zero-order chi connectivity index (χ0) is 13.3. The molecule has 1 saturated carbocycles. The zero-order valence-corrected chi connectivity index (χ0v) is 11.9. The summed E-state index contributed by atoms with van der Waals surface area (Å²) in [4.78, 5) is 4.55. The lowest BCUT2D eigenvalue weighted by Gasteiger charge is -2.27. The molecule has 2 N–H and O–H groups in total. The maximum Gasteiger partial charge on any atom is 0.179 e. The van der Waals surface area contributed by atoms with Crippen molar-refractivity contribution in [2.45, 2.75) is 64.6 Å². The second-order valence-electron chi connectivity index (χ2n) is 6.46. The number of aromatic amines is 1. The van der Waals surface area contributed by atoms with Gasteiger partial charge in [0.15, 0.2) is 5.82 Å². The standard InChI is InChI=1S/C14H24N4O/c1-14(2)7-3-6-11(14)15-9-12-16-13(18-17-12)10-5-4-8-19-10/h10-11,15H,3-9H2,1-2H3,(H,16,17,18). The number of hydrogen-bond acceptors (Lipinski definition) is 4. The Morgan fingerprint density at radius 2 is 2.26 bits per heavy atom. The molecular formula is C14H24N4O. The number of rotatable bonds is 4. The first-order valence-electron chi connectivity index (χ1n) is 7.41. The van der Waals surface area contributed by atoms with Gasteiger partial charge in [-0.2, -0.15) is 5.10 Å². The monoisotopic (exact) mass is 264 g/mol. The molecule has 2 aliphatic rings. The first-order chi connectivity index (χ1) is 9.15. The fraction of sp³-hybridized carbons (Fsp3) is 0.857. The molecule has 1 aliphatic heterocycles. The molecule has 5 heteroatoms. The van der Waals surface area contributed by atoms with Crippen molar-refractivity contribution in [1.82, 2.24) is 20.5 Å². The van der Waals surface area contributed by atoms with E-state index in [2.05, 4.69) is 34.3 Å². The number of nitrogens with zero attached hydrogens (tertiary/aromatic N) is 2. The van der Waals surface area contributed by atoms with Crippen LogP contribution in [0.2, 0.25) is 0 Å². The average Bonchev–Trinajstić information content (AvgIpc) is 3.05. The van der Waals surface area contributed by atoms with Gasteiger partial charge in [0.25, 0.3) is 0 Å². The van der Waals surface area contributed by atoms with Crippen LogP contribution in [-0.2, 0) is 11.3 Å². The van der Waals surface area contributed by atoms with Crippen molar-refractivity contribution in [3.63, 3.8) is 0 Å². The minimum absolute atomic E-state index is 0.105. The highest BCUT2D eigenvalue weighted by Crippen LogP contribution is 2.37. The van der Waals surface area contributed by atoms with Gasteiger partial charge in [-0.15, -0.1) is 0 Å². The van der Waals surface area contributed by atoms with Gasteiger partial charge in [-0.1, -0.05) is 20.3 Å². The Hall–Kier alpha value is -0.940. The molecule has 3 rings (SSSR count). The topological polar surface area (TPSA) is 62.8 Å². The fourth-order valence-electron chi connectivity index (χ4n) is 3.24. The number of H-pyrrole nitrogens is 1. The quantitative estimate of drug-likeness (QED) is 0.876. The summed E-state index contributed by atoms with van der Waals surface area (Å²) in [5.41, 5.74) is 0.400. The molecule has 2 unspecified atom stereocenters. The van der Waals surface area contributed by atoms with Crippen molar-refractivity contribution < 1.29 is 4.74 Å². The molecule has 5 nitrogen and oxygen atoms in total. The second kappa shape index (κ2) is 5.21. The molecule has 19 heavy (non-hydrogen) atoms. The van der Waals surface area contributed by atoms with Gasteiger partial charge in [-0.3, -0.25) is 5.10 Å². The Morgan fingerprint density at radius 3 is 2.95 bits per heavy atom. The summed E-state index contributed by atoms with van der Waals surface area (Å²) in [6.07, 6.45) is 6.15. The predicted octanol–water partition coefficient (Wildman–Crippen LogP) is 2.32. The van der Waals surface area contributed by atoms with E-state index in [0.717, 1.165) is 37.6 Å². The Kier molecular flexibility index (Phi) is 3.58. The summed E-state index contributed by atoms with van der Waals surface area (Å²) in [6, 6.07) is 0.587. The first kappa shape index (κ1) is 13.1. The van der Waals surface area contributed by atoms with E-state index in [4.69, 9.17) is 4.74 Å². The molecule has 2 fully saturated rings. The van der Waals surface area contributed by atoms with Crippen LogP contribution in [0, 0.1) is 5.41 Å². The van der Waals surface area contributed by atoms with Gasteiger partial charge >= 0.3 is 0 Å². The lowest BCUT2D eigenvalue weighted by atomic mass is 9.87. The highest BCUT2D eigenvalue weighted by molar-refractivity contribution is 4.97. The molecule has 0 amide bonds. The largest absolute Gasteiger partial charge is 0.370 e. The summed E-state index contributed by atoms with van der Waals surface area (Å²) >= 11 is 0. The number of ether oxygens (including phenoxy) is 1. The molecule has 0 aromatic carbocycles. The molecule has 1 saturated heterocycles. The molecule has 1 aromatic heterocycles. The van der Waals surface area contributed by atoms with E-state index in [1.54, 1.807) is 0 Å². The fourth-order valence-corrected chi connectivity index (χ4v) is 3.24. The molecule has 1 aromatic rings. The molecule has 0 bridgehead atoms. The van der Waals surface area contributed by atoms with Crippen LogP contribution in [0.5, 0.6) is 0 Å². The first-order valence-corrected chi connectivity index (χ1v) is 7.41. The Morgan fingerprint density at radius 1 is 1.37 bits per heavy atom. The molecule has 2 heterocycles. The van der Waals surface area contributed by atoms with Crippen molar-refractivity contribution in [3.8, 4) is 0 Å². The van der Waals surface area contributed by atoms with Crippen LogP contribution in [-0.4, -0.2) is 27.8 Å². The van der Waals surface area contributed by atoms with E-state index >= 15 is 0 Å². The highest BCUT2D eigenvalue weighted by atomic mass is 16.5. The van der Waals surface area contributed by atoms with Gasteiger partial charge < -0.3 is 10.1 Å². The summed E-state index contributed by atoms with van der Waals surface area (Å²) in [7, 11) is 0. The van der Waals surface area contributed by atoms with Crippen LogP contribution in [0.15, 0.2) is 0 Å². The Bertz CT molecular complexity index is 423. The molecule has 0 spiro atoms. The lowest BCUT2D eigenvalue weighted by molar-refractivity contribution is 0.105. The van der Waals surface area contributed by atoms with Gasteiger partial charge in [-0.05, 0) is 31.1 Å². The van der Waals surface area contributed by atoms with Crippen molar-refractivity contribution in [2.24, 2.45) is 5.41 Å². The number of hydrogen-bond donors (Lipinski definition) is 2. The third kappa shape index (κ3) is 2.82. The van der Waals surface area contributed by atoms with E-state index in [-0.39, 0.29) is 6.10 Å². The molecular weight excluding hydrogens is 240 g/mol. The number of nitrogens with one attached hydrogen (secondary N) is 2. The SMILES string of the molecule is CC1(C)CCCC1NCc1nc(C2CCCO2)n[nH]1. The summed E-state index contributed by atoms with van der Waals surface area (Å²) in [5.74, 6) is 1.74. The molecule has 1 aliphatic carbocycles. The molecule has 106 valence electrons. The van der Waals surface area contributed by atoms with Crippen LogP contribution < -0.4 is 5.32 Å². The van der Waals surface area contributed by atoms with Crippen LogP contribution in [0.25, 0.3) is 0 Å². The minimum atomic E-state index is 0.105. The van der Waals surface area contributed by atoms with E-state index < -0.39 is 0 Å². The molecule has 0 radical (unpaired) electrons. The zero-order valence-electron chi connectivity index (χ0n) is 11.9. The van der Waals surface area contributed by atoms with Crippen molar-refractivity contribution in [3.05, 3.63) is 11.6 Å². The molecule has 2 atom stereocenters. The third-order valence-corrected chi connectivity index (χ3v) is 4.54. The van der Waals surface area contributed by atoms with Gasteiger partial charge in [0.2, 0.25) is 0 Å². The smallest absolute Gasteiger partial charge is 0.179 e. The highest BCUT2D eigenvalue weighted by Gasteiger charge is 2.34. The van der Waals surface area contributed by atoms with Crippen LogP contribution in [0.1, 0.15) is 63.7 Å². The van der Waals surface area contributed by atoms with Crippen LogP contribution >= 0.6 is 0 Å². The summed E-state index contributed by atoms with van der Waals surface area (Å²) in [6.45, 7) is 6.29. The Labute approximate surface area is 114 Å². The van der Waals surface area contributed by atoms with Gasteiger partial charge in [0.05, 0.1) is 6.54 Å². The van der Waals surface area contributed by atoms with Gasteiger partial charge in [-0.25, -0.2) is 4.98 Å². The average molecular weight is 264 g/mol. The van der Waals surface area contributed by atoms with E-state index in [1.165, 1.54) is 19.3 Å². The van der Waals surface area contributed by atoms with Gasteiger partial charge in [0, 0.05) is 12.6 Å². The van der Waals surface area contributed by atoms with Crippen molar-refractivity contribution in [2.75, 3.05) is 6.61 Å². The van der Waals surface area contributed by atoms with Crippen molar-refractivity contribution >= 4 is 0 Å². The second-order valence-corrected chi connectivity index (χ2v) is 6.46. The maximum atomic E-state index is 5.60. The third-order valence-electron chi connectivity index (χ3n) is 4.54. The Balaban J connectivity index is 1.55. The van der Waals surface area contributed by atoms with Gasteiger partial charge in [0.1, 0.15) is 11.9 Å². The van der Waals surface area contributed by atoms with Crippen LogP contribution in [0.3, 0.4) is 0 Å². The lowest BCUT2D eigenvalue weighted by Crippen LogP contribution is -2.37. The summed E-state index contributed by atoms with van der Waals surface area (Å²) < 4.78 is 5.60. The van der Waals surface area contributed by atoms with E-state index in [9.17, 15) is 0 Å².